The van der Waals surface area contributed by atoms with E-state index in [1.807, 2.05) is 0 Å². The average molecular weight is 158 g/mol. The smallest absolute Gasteiger partial charge is 0.409 e. The minimum absolute atomic E-state index is 0.224. The summed E-state index contributed by atoms with van der Waals surface area (Å²) in [6, 6.07) is 0.378. The van der Waals surface area contributed by atoms with E-state index in [1.165, 1.54) is 7.11 Å². The van der Waals surface area contributed by atoms with E-state index in [0.717, 1.165) is 19.6 Å². The van der Waals surface area contributed by atoms with E-state index in [1.54, 1.807) is 4.90 Å². The molecule has 11 heavy (non-hydrogen) atoms. The molecule has 0 aliphatic carbocycles. The van der Waals surface area contributed by atoms with Crippen molar-refractivity contribution in [3.63, 3.8) is 0 Å². The molecule has 0 aromatic carbocycles. The monoisotopic (exact) mass is 158 g/mol. The molecule has 4 nitrogen and oxygen atoms in total. The highest BCUT2D eigenvalue weighted by molar-refractivity contribution is 5.67. The molecule has 4 heteroatoms. The van der Waals surface area contributed by atoms with Gasteiger partial charge in [0.15, 0.2) is 0 Å². The molecule has 1 aliphatic rings. The van der Waals surface area contributed by atoms with E-state index >= 15 is 0 Å². The van der Waals surface area contributed by atoms with Crippen LogP contribution in [-0.4, -0.2) is 43.8 Å². The molecular weight excluding hydrogens is 144 g/mol. The molecule has 1 saturated heterocycles. The highest BCUT2D eigenvalue weighted by Crippen LogP contribution is 1.99. The lowest BCUT2D eigenvalue weighted by atomic mass is 10.2. The molecule has 0 bridgehead atoms. The van der Waals surface area contributed by atoms with Crippen molar-refractivity contribution in [3.8, 4) is 0 Å². The Morgan fingerprint density at radius 2 is 2.45 bits per heavy atom. The Labute approximate surface area is 66.5 Å². The van der Waals surface area contributed by atoms with Gasteiger partial charge in [-0.15, -0.1) is 0 Å². The van der Waals surface area contributed by atoms with Gasteiger partial charge in [-0.3, -0.25) is 0 Å². The summed E-state index contributed by atoms with van der Waals surface area (Å²) in [4.78, 5) is 12.7. The van der Waals surface area contributed by atoms with Gasteiger partial charge >= 0.3 is 6.09 Å². The molecule has 0 aromatic heterocycles. The summed E-state index contributed by atoms with van der Waals surface area (Å²) in [6.45, 7) is 4.40. The Bertz CT molecular complexity index is 149. The molecule has 0 aromatic rings. The van der Waals surface area contributed by atoms with Gasteiger partial charge in [-0.2, -0.15) is 0 Å². The first-order chi connectivity index (χ1) is 5.24. The van der Waals surface area contributed by atoms with Crippen LogP contribution in [0.25, 0.3) is 0 Å². The molecule has 1 rings (SSSR count). The number of rotatable bonds is 0. The Morgan fingerprint density at radius 3 is 3.00 bits per heavy atom. The zero-order valence-electron chi connectivity index (χ0n) is 6.96. The van der Waals surface area contributed by atoms with Gasteiger partial charge in [-0.1, -0.05) is 0 Å². The fraction of sp³-hybridized carbons (Fsp3) is 0.857. The summed E-state index contributed by atoms with van der Waals surface area (Å²) in [6.07, 6.45) is -0.224. The molecular formula is C7H14N2O2. The molecule has 0 unspecified atom stereocenters. The molecule has 64 valence electrons. The van der Waals surface area contributed by atoms with Crippen LogP contribution in [0.5, 0.6) is 0 Å². The first-order valence-electron chi connectivity index (χ1n) is 3.80. The third-order valence-corrected chi connectivity index (χ3v) is 1.80. The van der Waals surface area contributed by atoms with Crippen LogP contribution in [0, 0.1) is 0 Å². The topological polar surface area (TPSA) is 41.6 Å². The number of amides is 1. The third kappa shape index (κ3) is 2.08. The lowest BCUT2D eigenvalue weighted by molar-refractivity contribution is 0.111. The Hall–Kier alpha value is -0.770. The summed E-state index contributed by atoms with van der Waals surface area (Å²) in [5.74, 6) is 0. The highest BCUT2D eigenvalue weighted by Gasteiger charge is 2.20. The van der Waals surface area contributed by atoms with Crippen LogP contribution in [0.2, 0.25) is 0 Å². The van der Waals surface area contributed by atoms with Crippen LogP contribution in [0.15, 0.2) is 0 Å². The van der Waals surface area contributed by atoms with Gasteiger partial charge in [0.2, 0.25) is 0 Å². The van der Waals surface area contributed by atoms with E-state index in [2.05, 4.69) is 17.0 Å². The SMILES string of the molecule is COC(=O)N1CCN[C@H](C)C1. The summed E-state index contributed by atoms with van der Waals surface area (Å²) < 4.78 is 4.60. The van der Waals surface area contributed by atoms with Crippen LogP contribution >= 0.6 is 0 Å². The molecule has 0 radical (unpaired) electrons. The van der Waals surface area contributed by atoms with E-state index in [4.69, 9.17) is 0 Å². The largest absolute Gasteiger partial charge is 0.453 e. The second kappa shape index (κ2) is 3.57. The highest BCUT2D eigenvalue weighted by atomic mass is 16.5. The normalized spacial score (nSPS) is 24.9. The second-order valence-electron chi connectivity index (χ2n) is 2.77. The fourth-order valence-corrected chi connectivity index (χ4v) is 1.23. The number of hydrogen-bond donors (Lipinski definition) is 1. The van der Waals surface area contributed by atoms with Crippen molar-refractivity contribution < 1.29 is 9.53 Å². The van der Waals surface area contributed by atoms with Gasteiger partial charge in [-0.05, 0) is 6.92 Å². The van der Waals surface area contributed by atoms with Crippen molar-refractivity contribution in [2.45, 2.75) is 13.0 Å². The van der Waals surface area contributed by atoms with E-state index in [9.17, 15) is 4.79 Å². The molecule has 1 amide bonds. The van der Waals surface area contributed by atoms with Gasteiger partial charge in [0.05, 0.1) is 7.11 Å². The number of hydrogen-bond acceptors (Lipinski definition) is 3. The number of piperazine rings is 1. The van der Waals surface area contributed by atoms with Crippen molar-refractivity contribution >= 4 is 6.09 Å². The standard InChI is InChI=1S/C7H14N2O2/c1-6-5-9(4-3-8-6)7(10)11-2/h6,8H,3-5H2,1-2H3/t6-/m1/s1. The summed E-state index contributed by atoms with van der Waals surface area (Å²) in [7, 11) is 1.41. The quantitative estimate of drug-likeness (QED) is 0.541. The number of carbonyl (C=O) groups excluding carboxylic acids is 1. The predicted molar refractivity (Wildman–Crippen MR) is 41.4 cm³/mol. The maximum Gasteiger partial charge on any atom is 0.409 e. The lowest BCUT2D eigenvalue weighted by Crippen LogP contribution is -2.51. The first-order valence-corrected chi connectivity index (χ1v) is 3.80. The van der Waals surface area contributed by atoms with Gasteiger partial charge in [0.25, 0.3) is 0 Å². The van der Waals surface area contributed by atoms with Crippen molar-refractivity contribution in [1.29, 1.82) is 0 Å². The lowest BCUT2D eigenvalue weighted by Gasteiger charge is -2.30. The number of ether oxygens (including phenoxy) is 1. The first kappa shape index (κ1) is 8.33. The van der Waals surface area contributed by atoms with Crippen LogP contribution in [-0.2, 0) is 4.74 Å². The van der Waals surface area contributed by atoms with Crippen LogP contribution < -0.4 is 5.32 Å². The molecule has 1 atom stereocenters. The number of methoxy groups -OCH3 is 1. The van der Waals surface area contributed by atoms with Gasteiger partial charge in [0.1, 0.15) is 0 Å². The zero-order valence-corrected chi connectivity index (χ0v) is 6.96. The molecule has 1 aliphatic heterocycles. The Kier molecular flexibility index (Phi) is 2.70. The van der Waals surface area contributed by atoms with Gasteiger partial charge < -0.3 is 15.0 Å². The summed E-state index contributed by atoms with van der Waals surface area (Å²) in [5.41, 5.74) is 0. The maximum atomic E-state index is 11.0. The molecule has 0 saturated carbocycles. The minimum atomic E-state index is -0.224. The van der Waals surface area contributed by atoms with Crippen molar-refractivity contribution in [2.24, 2.45) is 0 Å². The predicted octanol–water partition coefficient (Wildman–Crippen LogP) is 0.0465. The van der Waals surface area contributed by atoms with Crippen molar-refractivity contribution in [1.82, 2.24) is 10.2 Å². The summed E-state index contributed by atoms with van der Waals surface area (Å²) in [5, 5.41) is 3.24. The number of nitrogens with zero attached hydrogens (tertiary/aromatic N) is 1. The van der Waals surface area contributed by atoms with Crippen LogP contribution in [0.4, 0.5) is 4.79 Å². The third-order valence-electron chi connectivity index (χ3n) is 1.80. The molecule has 1 heterocycles. The Balaban J connectivity index is 2.39. The van der Waals surface area contributed by atoms with Gasteiger partial charge in [-0.25, -0.2) is 4.79 Å². The molecule has 0 spiro atoms. The van der Waals surface area contributed by atoms with E-state index < -0.39 is 0 Å². The molecule has 1 fully saturated rings. The summed E-state index contributed by atoms with van der Waals surface area (Å²) >= 11 is 0. The Morgan fingerprint density at radius 1 is 1.73 bits per heavy atom. The second-order valence-corrected chi connectivity index (χ2v) is 2.77. The minimum Gasteiger partial charge on any atom is -0.453 e. The zero-order chi connectivity index (χ0) is 8.27. The van der Waals surface area contributed by atoms with E-state index in [-0.39, 0.29) is 6.09 Å². The van der Waals surface area contributed by atoms with Crippen molar-refractivity contribution in [2.75, 3.05) is 26.7 Å². The molecule has 1 N–H and O–H groups in total. The van der Waals surface area contributed by atoms with Crippen LogP contribution in [0.1, 0.15) is 6.92 Å². The maximum absolute atomic E-state index is 11.0. The number of nitrogens with one attached hydrogen (secondary N) is 1. The number of carbonyl (C=O) groups is 1. The van der Waals surface area contributed by atoms with Gasteiger partial charge in [0, 0.05) is 25.7 Å². The van der Waals surface area contributed by atoms with Crippen molar-refractivity contribution in [3.05, 3.63) is 0 Å². The van der Waals surface area contributed by atoms with Crippen LogP contribution in [0.3, 0.4) is 0 Å². The van der Waals surface area contributed by atoms with E-state index in [0.29, 0.717) is 6.04 Å². The average Bonchev–Trinajstić information content (AvgIpc) is 2.03. The fourth-order valence-electron chi connectivity index (χ4n) is 1.23.